The number of carbonyl (C=O) groups excluding carboxylic acids is 1. The second-order valence-electron chi connectivity index (χ2n) is 5.62. The first-order valence-corrected chi connectivity index (χ1v) is 7.06. The molecule has 3 rings (SSSR count). The van der Waals surface area contributed by atoms with Gasteiger partial charge in [0.05, 0.1) is 24.8 Å². The Morgan fingerprint density at radius 3 is 2.71 bits per heavy atom. The zero-order valence-electron chi connectivity index (χ0n) is 12.5. The first kappa shape index (κ1) is 13.7. The zero-order valence-corrected chi connectivity index (χ0v) is 12.5. The van der Waals surface area contributed by atoms with E-state index in [-0.39, 0.29) is 5.91 Å². The number of ether oxygens (including phenoxy) is 1. The molecule has 5 nitrogen and oxygen atoms in total. The van der Waals surface area contributed by atoms with Crippen molar-refractivity contribution in [2.45, 2.75) is 13.8 Å². The van der Waals surface area contributed by atoms with Gasteiger partial charge in [0.15, 0.2) is 0 Å². The van der Waals surface area contributed by atoms with Gasteiger partial charge in [0, 0.05) is 24.8 Å². The van der Waals surface area contributed by atoms with Gasteiger partial charge < -0.3 is 14.2 Å². The summed E-state index contributed by atoms with van der Waals surface area (Å²) in [5, 5.41) is 0. The van der Waals surface area contributed by atoms with E-state index in [4.69, 9.17) is 4.74 Å². The second kappa shape index (κ2) is 5.24. The van der Waals surface area contributed by atoms with Crippen molar-refractivity contribution in [2.24, 2.45) is 5.92 Å². The van der Waals surface area contributed by atoms with Crippen LogP contribution < -0.4 is 4.74 Å². The topological polar surface area (TPSA) is 47.4 Å². The largest absolute Gasteiger partial charge is 0.495 e. The van der Waals surface area contributed by atoms with Gasteiger partial charge in [-0.25, -0.2) is 4.98 Å². The minimum absolute atomic E-state index is 0.0692. The summed E-state index contributed by atoms with van der Waals surface area (Å²) >= 11 is 0. The molecule has 2 aromatic rings. The number of likely N-dealkylation sites (tertiary alicyclic amines) is 1. The number of carbonyl (C=O) groups is 1. The van der Waals surface area contributed by atoms with Gasteiger partial charge >= 0.3 is 0 Å². The summed E-state index contributed by atoms with van der Waals surface area (Å²) < 4.78 is 7.33. The molecular formula is C16H19N3O2. The molecule has 1 aromatic heterocycles. The van der Waals surface area contributed by atoms with Crippen molar-refractivity contribution in [1.82, 2.24) is 14.5 Å². The number of rotatable bonds is 3. The molecular weight excluding hydrogens is 266 g/mol. The van der Waals surface area contributed by atoms with Crippen LogP contribution in [-0.4, -0.2) is 40.6 Å². The summed E-state index contributed by atoms with van der Waals surface area (Å²) in [4.78, 5) is 18.4. The normalized spacial score (nSPS) is 14.9. The van der Waals surface area contributed by atoms with Gasteiger partial charge in [-0.15, -0.1) is 0 Å². The lowest BCUT2D eigenvalue weighted by atomic mass is 10.0. The average Bonchev–Trinajstić information content (AvgIpc) is 2.89. The summed E-state index contributed by atoms with van der Waals surface area (Å²) in [6.07, 6.45) is 3.67. The van der Waals surface area contributed by atoms with E-state index in [1.54, 1.807) is 19.5 Å². The Bertz CT molecular complexity index is 672. The van der Waals surface area contributed by atoms with Gasteiger partial charge in [-0.3, -0.25) is 4.79 Å². The molecule has 0 unspecified atom stereocenters. The minimum atomic E-state index is 0.0692. The monoisotopic (exact) mass is 285 g/mol. The van der Waals surface area contributed by atoms with E-state index in [2.05, 4.69) is 11.9 Å². The highest BCUT2D eigenvalue weighted by Gasteiger charge is 2.28. The molecule has 1 aliphatic heterocycles. The van der Waals surface area contributed by atoms with E-state index >= 15 is 0 Å². The molecule has 0 aliphatic carbocycles. The molecule has 1 aliphatic rings. The summed E-state index contributed by atoms with van der Waals surface area (Å²) in [5.74, 6) is 1.34. The van der Waals surface area contributed by atoms with Gasteiger partial charge in [-0.05, 0) is 31.0 Å². The van der Waals surface area contributed by atoms with Crippen LogP contribution in [0.4, 0.5) is 0 Å². The van der Waals surface area contributed by atoms with Crippen LogP contribution in [0.2, 0.25) is 0 Å². The third kappa shape index (κ3) is 2.51. The van der Waals surface area contributed by atoms with Crippen LogP contribution >= 0.6 is 0 Å². The number of aryl methyl sites for hydroxylation is 1. The lowest BCUT2D eigenvalue weighted by molar-refractivity contribution is 0.0530. The Kier molecular flexibility index (Phi) is 3.41. The van der Waals surface area contributed by atoms with Crippen LogP contribution in [0.5, 0.6) is 5.75 Å². The van der Waals surface area contributed by atoms with Gasteiger partial charge in [0.25, 0.3) is 5.91 Å². The molecule has 1 aromatic carbocycles. The number of aromatic nitrogens is 2. The van der Waals surface area contributed by atoms with Crippen molar-refractivity contribution in [1.29, 1.82) is 0 Å². The first-order valence-electron chi connectivity index (χ1n) is 7.06. The van der Waals surface area contributed by atoms with Crippen molar-refractivity contribution in [3.63, 3.8) is 0 Å². The smallest absolute Gasteiger partial charge is 0.254 e. The van der Waals surface area contributed by atoms with E-state index < -0.39 is 0 Å². The quantitative estimate of drug-likeness (QED) is 0.869. The maximum Gasteiger partial charge on any atom is 0.254 e. The minimum Gasteiger partial charge on any atom is -0.495 e. The highest BCUT2D eigenvalue weighted by atomic mass is 16.5. The van der Waals surface area contributed by atoms with Crippen LogP contribution in [-0.2, 0) is 0 Å². The fraction of sp³-hybridized carbons (Fsp3) is 0.375. The Labute approximate surface area is 124 Å². The van der Waals surface area contributed by atoms with Crippen LogP contribution in [0.1, 0.15) is 23.0 Å². The standard InChI is InChI=1S/C16H19N3O2/c1-11-7-18(8-11)16(20)13-4-5-14(15(6-13)21-3)19-9-12(2)17-10-19/h4-6,9-11H,7-8H2,1-3H3. The molecule has 0 radical (unpaired) electrons. The maximum atomic E-state index is 12.3. The lowest BCUT2D eigenvalue weighted by Crippen LogP contribution is -2.48. The summed E-state index contributed by atoms with van der Waals surface area (Å²) in [6.45, 7) is 5.76. The van der Waals surface area contributed by atoms with Gasteiger partial charge in [-0.1, -0.05) is 6.92 Å². The van der Waals surface area contributed by atoms with Gasteiger partial charge in [0.2, 0.25) is 0 Å². The Morgan fingerprint density at radius 2 is 2.14 bits per heavy atom. The van der Waals surface area contributed by atoms with Crippen LogP contribution in [0.15, 0.2) is 30.7 Å². The van der Waals surface area contributed by atoms with Gasteiger partial charge in [-0.2, -0.15) is 0 Å². The third-order valence-corrected chi connectivity index (χ3v) is 3.77. The van der Waals surface area contributed by atoms with Crippen molar-refractivity contribution < 1.29 is 9.53 Å². The van der Waals surface area contributed by atoms with Crippen molar-refractivity contribution >= 4 is 5.91 Å². The van der Waals surface area contributed by atoms with Crippen molar-refractivity contribution in [3.8, 4) is 11.4 Å². The number of nitrogens with zero attached hydrogens (tertiary/aromatic N) is 3. The molecule has 1 saturated heterocycles. The second-order valence-corrected chi connectivity index (χ2v) is 5.62. The van der Waals surface area contributed by atoms with Crippen molar-refractivity contribution in [3.05, 3.63) is 42.0 Å². The summed E-state index contributed by atoms with van der Waals surface area (Å²) in [6, 6.07) is 5.55. The van der Waals surface area contributed by atoms with E-state index in [1.807, 2.05) is 34.7 Å². The zero-order chi connectivity index (χ0) is 15.0. The molecule has 1 amide bonds. The van der Waals surface area contributed by atoms with Gasteiger partial charge in [0.1, 0.15) is 5.75 Å². The fourth-order valence-corrected chi connectivity index (χ4v) is 2.62. The van der Waals surface area contributed by atoms with Crippen LogP contribution in [0.3, 0.4) is 0 Å². The molecule has 1 fully saturated rings. The number of hydrogen-bond donors (Lipinski definition) is 0. The van der Waals surface area contributed by atoms with E-state index in [9.17, 15) is 4.79 Å². The predicted molar refractivity (Wildman–Crippen MR) is 79.9 cm³/mol. The number of amides is 1. The molecule has 21 heavy (non-hydrogen) atoms. The highest BCUT2D eigenvalue weighted by Crippen LogP contribution is 2.26. The molecule has 2 heterocycles. The number of benzene rings is 1. The number of hydrogen-bond acceptors (Lipinski definition) is 3. The predicted octanol–water partition coefficient (Wildman–Crippen LogP) is 2.28. The lowest BCUT2D eigenvalue weighted by Gasteiger charge is -2.37. The van der Waals surface area contributed by atoms with E-state index in [0.29, 0.717) is 17.2 Å². The average molecular weight is 285 g/mol. The molecule has 0 spiro atoms. The van der Waals surface area contributed by atoms with Crippen LogP contribution in [0.25, 0.3) is 5.69 Å². The SMILES string of the molecule is COc1cc(C(=O)N2CC(C)C2)ccc1-n1cnc(C)c1. The van der Waals surface area contributed by atoms with E-state index in [0.717, 1.165) is 24.5 Å². The number of methoxy groups -OCH3 is 1. The molecule has 0 bridgehead atoms. The summed E-state index contributed by atoms with van der Waals surface area (Å²) in [5.41, 5.74) is 2.48. The summed E-state index contributed by atoms with van der Waals surface area (Å²) in [7, 11) is 1.61. The first-order chi connectivity index (χ1) is 10.1. The highest BCUT2D eigenvalue weighted by molar-refractivity contribution is 5.95. The van der Waals surface area contributed by atoms with Crippen LogP contribution in [0, 0.1) is 12.8 Å². The Morgan fingerprint density at radius 1 is 1.38 bits per heavy atom. The maximum absolute atomic E-state index is 12.3. The fourth-order valence-electron chi connectivity index (χ4n) is 2.62. The third-order valence-electron chi connectivity index (χ3n) is 3.77. The number of imidazole rings is 1. The molecule has 0 N–H and O–H groups in total. The molecule has 0 saturated carbocycles. The Balaban J connectivity index is 1.90. The van der Waals surface area contributed by atoms with Crippen molar-refractivity contribution in [2.75, 3.05) is 20.2 Å². The Hall–Kier alpha value is -2.30. The van der Waals surface area contributed by atoms with E-state index in [1.165, 1.54) is 0 Å². The molecule has 0 atom stereocenters. The molecule has 5 heteroatoms. The molecule has 110 valence electrons.